The number of rotatable bonds is 8. The summed E-state index contributed by atoms with van der Waals surface area (Å²) < 4.78 is 0. The van der Waals surface area contributed by atoms with Crippen molar-refractivity contribution >= 4 is 40.5 Å². The van der Waals surface area contributed by atoms with Gasteiger partial charge in [0.15, 0.2) is 0 Å². The normalized spacial score (nSPS) is 11.4. The minimum atomic E-state index is -0.903. The highest BCUT2D eigenvalue weighted by Gasteiger charge is 2.23. The van der Waals surface area contributed by atoms with Crippen LogP contribution in [0, 0.1) is 10.1 Å². The highest BCUT2D eigenvalue weighted by Crippen LogP contribution is 2.27. The van der Waals surface area contributed by atoms with Crippen LogP contribution in [0.15, 0.2) is 72.8 Å². The number of nitrogens with one attached hydrogen (secondary N) is 2. The first-order chi connectivity index (χ1) is 15.7. The van der Waals surface area contributed by atoms with Gasteiger partial charge in [0.25, 0.3) is 11.6 Å². The number of halogens is 1. The van der Waals surface area contributed by atoms with E-state index in [1.165, 1.54) is 12.1 Å². The molecule has 3 aromatic rings. The van der Waals surface area contributed by atoms with Crippen molar-refractivity contribution in [1.29, 1.82) is 0 Å². The first kappa shape index (κ1) is 23.7. The van der Waals surface area contributed by atoms with Gasteiger partial charge in [-0.2, -0.15) is 0 Å². The van der Waals surface area contributed by atoms with Crippen LogP contribution in [-0.4, -0.2) is 36.9 Å². The minimum absolute atomic E-state index is 0.0293. The largest absolute Gasteiger partial charge is 0.378 e. The average molecular weight is 467 g/mol. The monoisotopic (exact) mass is 466 g/mol. The van der Waals surface area contributed by atoms with E-state index in [0.29, 0.717) is 5.56 Å². The molecule has 2 N–H and O–H groups in total. The molecule has 3 aromatic carbocycles. The van der Waals surface area contributed by atoms with Crippen LogP contribution in [0.1, 0.15) is 15.9 Å². The molecule has 0 saturated heterocycles. The number of anilines is 2. The summed E-state index contributed by atoms with van der Waals surface area (Å²) in [6.45, 7) is 0. The molecule has 0 unspecified atom stereocenters. The van der Waals surface area contributed by atoms with Gasteiger partial charge in [0.2, 0.25) is 5.91 Å². The van der Waals surface area contributed by atoms with Gasteiger partial charge >= 0.3 is 0 Å². The Morgan fingerprint density at radius 2 is 1.70 bits per heavy atom. The number of hydrogen-bond acceptors (Lipinski definition) is 5. The Hall–Kier alpha value is -3.91. The highest BCUT2D eigenvalue weighted by atomic mass is 35.5. The van der Waals surface area contributed by atoms with E-state index >= 15 is 0 Å². The second-order valence-electron chi connectivity index (χ2n) is 7.57. The van der Waals surface area contributed by atoms with Crippen LogP contribution in [0.4, 0.5) is 17.1 Å². The maximum absolute atomic E-state index is 13.1. The number of carbonyl (C=O) groups is 2. The lowest BCUT2D eigenvalue weighted by Gasteiger charge is -2.19. The fourth-order valence-corrected chi connectivity index (χ4v) is 3.37. The number of benzene rings is 3. The molecule has 2 amide bonds. The molecule has 0 heterocycles. The quantitative estimate of drug-likeness (QED) is 0.380. The van der Waals surface area contributed by atoms with Crippen molar-refractivity contribution in [3.8, 4) is 0 Å². The summed E-state index contributed by atoms with van der Waals surface area (Å²) in [7, 11) is 3.80. The molecular formula is C24H23ClN4O4. The van der Waals surface area contributed by atoms with Gasteiger partial charge in [-0.15, -0.1) is 0 Å². The van der Waals surface area contributed by atoms with Gasteiger partial charge in [0.05, 0.1) is 15.6 Å². The smallest absolute Gasteiger partial charge is 0.271 e. The molecule has 9 heteroatoms. The summed E-state index contributed by atoms with van der Waals surface area (Å²) in [5.41, 5.74) is 2.25. The van der Waals surface area contributed by atoms with Crippen molar-refractivity contribution in [2.75, 3.05) is 24.3 Å². The zero-order valence-electron chi connectivity index (χ0n) is 18.1. The molecule has 0 aliphatic rings. The molecule has 0 saturated carbocycles. The number of hydrogen-bond donors (Lipinski definition) is 2. The third-order valence-electron chi connectivity index (χ3n) is 4.97. The van der Waals surface area contributed by atoms with E-state index in [1.54, 1.807) is 12.1 Å². The lowest BCUT2D eigenvalue weighted by molar-refractivity contribution is -0.384. The Labute approximate surface area is 196 Å². The minimum Gasteiger partial charge on any atom is -0.378 e. The molecule has 170 valence electrons. The molecule has 3 rings (SSSR count). The van der Waals surface area contributed by atoms with Crippen LogP contribution in [-0.2, 0) is 11.2 Å². The average Bonchev–Trinajstić information content (AvgIpc) is 2.80. The lowest BCUT2D eigenvalue weighted by Crippen LogP contribution is -2.45. The van der Waals surface area contributed by atoms with E-state index in [1.807, 2.05) is 61.5 Å². The molecule has 0 aliphatic carbocycles. The van der Waals surface area contributed by atoms with Crippen LogP contribution in [0.25, 0.3) is 0 Å². The summed E-state index contributed by atoms with van der Waals surface area (Å²) in [6.07, 6.45) is 0.249. The number of nitro groups is 1. The maximum atomic E-state index is 13.1. The van der Waals surface area contributed by atoms with Gasteiger partial charge in [-0.1, -0.05) is 41.9 Å². The number of amides is 2. The van der Waals surface area contributed by atoms with Gasteiger partial charge < -0.3 is 15.5 Å². The summed E-state index contributed by atoms with van der Waals surface area (Å²) in [6, 6.07) is 19.2. The molecule has 0 spiro atoms. The Kier molecular flexibility index (Phi) is 7.63. The molecule has 8 nitrogen and oxygen atoms in total. The van der Waals surface area contributed by atoms with Crippen LogP contribution in [0.2, 0.25) is 5.02 Å². The van der Waals surface area contributed by atoms with Gasteiger partial charge in [-0.05, 0) is 35.9 Å². The fraction of sp³-hybridized carbons (Fsp3) is 0.167. The first-order valence-corrected chi connectivity index (χ1v) is 10.5. The van der Waals surface area contributed by atoms with Crippen molar-refractivity contribution < 1.29 is 14.5 Å². The van der Waals surface area contributed by atoms with E-state index in [0.717, 1.165) is 17.3 Å². The predicted octanol–water partition coefficient (Wildman–Crippen LogP) is 4.29. The molecule has 0 fully saturated rings. The van der Waals surface area contributed by atoms with Crippen LogP contribution < -0.4 is 15.5 Å². The first-order valence-electron chi connectivity index (χ1n) is 10.1. The van der Waals surface area contributed by atoms with E-state index < -0.39 is 22.8 Å². The van der Waals surface area contributed by atoms with Crippen molar-refractivity contribution in [2.24, 2.45) is 0 Å². The van der Waals surface area contributed by atoms with Gasteiger partial charge in [0, 0.05) is 43.9 Å². The maximum Gasteiger partial charge on any atom is 0.271 e. The molecule has 1 atom stereocenters. The Morgan fingerprint density at radius 3 is 2.27 bits per heavy atom. The molecule has 33 heavy (non-hydrogen) atoms. The highest BCUT2D eigenvalue weighted by molar-refractivity contribution is 6.34. The zero-order valence-corrected chi connectivity index (χ0v) is 18.9. The van der Waals surface area contributed by atoms with E-state index in [2.05, 4.69) is 10.6 Å². The van der Waals surface area contributed by atoms with E-state index in [4.69, 9.17) is 11.6 Å². The fourth-order valence-electron chi connectivity index (χ4n) is 3.15. The lowest BCUT2D eigenvalue weighted by atomic mass is 10.0. The molecule has 0 radical (unpaired) electrons. The second-order valence-corrected chi connectivity index (χ2v) is 7.97. The number of carbonyl (C=O) groups excluding carboxylic acids is 2. The standard InChI is InChI=1S/C24H23ClN4O4/c1-28(2)18-10-8-17(9-11-18)23(30)27-22(14-16-6-4-3-5-7-16)24(31)26-21-13-12-19(29(32)33)15-20(21)25/h3-13,15,22H,14H2,1-2H3,(H,26,31)(H,27,30)/t22-/m1/s1. The van der Waals surface area contributed by atoms with E-state index in [-0.39, 0.29) is 22.8 Å². The topological polar surface area (TPSA) is 105 Å². The van der Waals surface area contributed by atoms with Gasteiger partial charge in [0.1, 0.15) is 6.04 Å². The molecule has 0 aromatic heterocycles. The van der Waals surface area contributed by atoms with Crippen LogP contribution >= 0.6 is 11.6 Å². The van der Waals surface area contributed by atoms with Crippen molar-refractivity contribution in [2.45, 2.75) is 12.5 Å². The third kappa shape index (κ3) is 6.30. The molecular weight excluding hydrogens is 444 g/mol. The van der Waals surface area contributed by atoms with Crippen LogP contribution in [0.5, 0.6) is 0 Å². The zero-order chi connectivity index (χ0) is 24.0. The SMILES string of the molecule is CN(C)c1ccc(C(=O)N[C@H](Cc2ccccc2)C(=O)Nc2ccc([N+](=O)[O-])cc2Cl)cc1. The Bertz CT molecular complexity index is 1150. The van der Waals surface area contributed by atoms with Gasteiger partial charge in [-0.3, -0.25) is 19.7 Å². The number of nitrogens with zero attached hydrogens (tertiary/aromatic N) is 2. The molecule has 0 aliphatic heterocycles. The summed E-state index contributed by atoms with van der Waals surface area (Å²) in [4.78, 5) is 38.2. The summed E-state index contributed by atoms with van der Waals surface area (Å²) >= 11 is 6.11. The van der Waals surface area contributed by atoms with Crippen molar-refractivity contribution in [1.82, 2.24) is 5.32 Å². The van der Waals surface area contributed by atoms with Gasteiger partial charge in [-0.25, -0.2) is 0 Å². The number of non-ortho nitro benzene ring substituents is 1. The Balaban J connectivity index is 1.80. The number of nitro benzene ring substituents is 1. The summed E-state index contributed by atoms with van der Waals surface area (Å²) in [5, 5.41) is 16.4. The second kappa shape index (κ2) is 10.6. The van der Waals surface area contributed by atoms with E-state index in [9.17, 15) is 19.7 Å². The molecule has 0 bridgehead atoms. The van der Waals surface area contributed by atoms with Crippen molar-refractivity contribution in [3.63, 3.8) is 0 Å². The predicted molar refractivity (Wildman–Crippen MR) is 129 cm³/mol. The van der Waals surface area contributed by atoms with Crippen LogP contribution in [0.3, 0.4) is 0 Å². The Morgan fingerprint density at radius 1 is 1.03 bits per heavy atom. The third-order valence-corrected chi connectivity index (χ3v) is 5.28. The summed E-state index contributed by atoms with van der Waals surface area (Å²) in [5.74, 6) is -0.890. The van der Waals surface area contributed by atoms with Crippen molar-refractivity contribution in [3.05, 3.63) is 99.1 Å².